The Morgan fingerprint density at radius 2 is 2.05 bits per heavy atom. The molecule has 1 rings (SSSR count). The highest BCUT2D eigenvalue weighted by Gasteiger charge is 2.20. The number of aliphatic hydroxyl groups excluding tert-OH is 1. The SMILES string of the molecule is COC(=O)c1cccc(CS(=O)(=O)NC(CO)C(C)C)c1. The van der Waals surface area contributed by atoms with Crippen molar-refractivity contribution >= 4 is 16.0 Å². The molecule has 0 aliphatic rings. The molecular weight excluding hydrogens is 294 g/mol. The molecule has 0 saturated heterocycles. The number of benzene rings is 1. The fourth-order valence-corrected chi connectivity index (χ4v) is 3.29. The fraction of sp³-hybridized carbons (Fsp3) is 0.500. The molecule has 0 bridgehead atoms. The van der Waals surface area contributed by atoms with Gasteiger partial charge in [0.05, 0.1) is 25.0 Å². The molecule has 118 valence electrons. The lowest BCUT2D eigenvalue weighted by Crippen LogP contribution is -2.41. The molecule has 0 radical (unpaired) electrons. The number of aliphatic hydroxyl groups is 1. The highest BCUT2D eigenvalue weighted by Crippen LogP contribution is 2.11. The molecule has 1 unspecified atom stereocenters. The third-order valence-corrected chi connectivity index (χ3v) is 4.41. The third-order valence-electron chi connectivity index (χ3n) is 3.04. The molecule has 1 aromatic rings. The average Bonchev–Trinajstić information content (AvgIpc) is 2.43. The van der Waals surface area contributed by atoms with E-state index in [2.05, 4.69) is 9.46 Å². The van der Waals surface area contributed by atoms with E-state index in [4.69, 9.17) is 0 Å². The fourth-order valence-electron chi connectivity index (χ4n) is 1.78. The second-order valence-corrected chi connectivity index (χ2v) is 6.86. The van der Waals surface area contributed by atoms with E-state index in [1.165, 1.54) is 13.2 Å². The minimum atomic E-state index is -3.60. The van der Waals surface area contributed by atoms with Crippen LogP contribution in [-0.4, -0.2) is 39.3 Å². The summed E-state index contributed by atoms with van der Waals surface area (Å²) in [6, 6.07) is 5.73. The zero-order valence-corrected chi connectivity index (χ0v) is 13.2. The number of carbonyl (C=O) groups is 1. The van der Waals surface area contributed by atoms with Crippen LogP contribution in [0.5, 0.6) is 0 Å². The molecule has 21 heavy (non-hydrogen) atoms. The topological polar surface area (TPSA) is 92.7 Å². The number of carbonyl (C=O) groups excluding carboxylic acids is 1. The number of rotatable bonds is 7. The average molecular weight is 315 g/mol. The standard InChI is InChI=1S/C14H21NO5S/c1-10(2)13(8-16)15-21(18,19)9-11-5-4-6-12(7-11)14(17)20-3/h4-7,10,13,15-16H,8-9H2,1-3H3. The molecule has 1 atom stereocenters. The van der Waals surface area contributed by atoms with Crippen molar-refractivity contribution in [1.82, 2.24) is 4.72 Å². The van der Waals surface area contributed by atoms with Crippen molar-refractivity contribution < 1.29 is 23.1 Å². The molecule has 0 aliphatic carbocycles. The number of hydrogen-bond acceptors (Lipinski definition) is 5. The van der Waals surface area contributed by atoms with Gasteiger partial charge in [-0.15, -0.1) is 0 Å². The maximum Gasteiger partial charge on any atom is 0.337 e. The quantitative estimate of drug-likeness (QED) is 0.730. The summed E-state index contributed by atoms with van der Waals surface area (Å²) in [7, 11) is -2.34. The van der Waals surface area contributed by atoms with Crippen LogP contribution in [0.1, 0.15) is 29.8 Å². The monoisotopic (exact) mass is 315 g/mol. The van der Waals surface area contributed by atoms with Crippen molar-refractivity contribution in [2.24, 2.45) is 5.92 Å². The summed E-state index contributed by atoms with van der Waals surface area (Å²) in [4.78, 5) is 11.4. The van der Waals surface area contributed by atoms with E-state index in [9.17, 15) is 18.3 Å². The van der Waals surface area contributed by atoms with E-state index >= 15 is 0 Å². The van der Waals surface area contributed by atoms with Gasteiger partial charge in [0.15, 0.2) is 0 Å². The molecule has 0 saturated carbocycles. The number of methoxy groups -OCH3 is 1. The number of sulfonamides is 1. The molecule has 0 heterocycles. The Hall–Kier alpha value is -1.44. The summed E-state index contributed by atoms with van der Waals surface area (Å²) in [5.74, 6) is -0.801. The number of ether oxygens (including phenoxy) is 1. The van der Waals surface area contributed by atoms with Gasteiger partial charge in [0, 0.05) is 6.04 Å². The van der Waals surface area contributed by atoms with Gasteiger partial charge >= 0.3 is 5.97 Å². The van der Waals surface area contributed by atoms with Crippen molar-refractivity contribution in [3.63, 3.8) is 0 Å². The summed E-state index contributed by atoms with van der Waals surface area (Å²) in [5, 5.41) is 9.19. The minimum absolute atomic E-state index is 0.0221. The lowest BCUT2D eigenvalue weighted by Gasteiger charge is -2.19. The summed E-state index contributed by atoms with van der Waals surface area (Å²) in [6.07, 6.45) is 0. The first kappa shape index (κ1) is 17.6. The van der Waals surface area contributed by atoms with Crippen molar-refractivity contribution in [3.05, 3.63) is 35.4 Å². The Morgan fingerprint density at radius 3 is 2.57 bits per heavy atom. The number of hydrogen-bond donors (Lipinski definition) is 2. The van der Waals surface area contributed by atoms with E-state index < -0.39 is 22.0 Å². The summed E-state index contributed by atoms with van der Waals surface area (Å²) in [5.41, 5.74) is 0.776. The molecule has 0 aliphatic heterocycles. The van der Waals surface area contributed by atoms with Gasteiger partial charge in [0.2, 0.25) is 10.0 Å². The summed E-state index contributed by atoms with van der Waals surface area (Å²) in [6.45, 7) is 3.38. The molecule has 6 nitrogen and oxygen atoms in total. The first-order valence-corrected chi connectivity index (χ1v) is 8.22. The number of esters is 1. The lowest BCUT2D eigenvalue weighted by atomic mass is 10.1. The highest BCUT2D eigenvalue weighted by atomic mass is 32.2. The van der Waals surface area contributed by atoms with Crippen LogP contribution < -0.4 is 4.72 Å². The van der Waals surface area contributed by atoms with E-state index in [1.807, 2.05) is 13.8 Å². The van der Waals surface area contributed by atoms with Crippen LogP contribution >= 0.6 is 0 Å². The van der Waals surface area contributed by atoms with Crippen LogP contribution in [0.25, 0.3) is 0 Å². The van der Waals surface area contributed by atoms with Crippen molar-refractivity contribution in [2.45, 2.75) is 25.6 Å². The minimum Gasteiger partial charge on any atom is -0.465 e. The molecule has 0 fully saturated rings. The van der Waals surface area contributed by atoms with Crippen LogP contribution in [0.4, 0.5) is 0 Å². The van der Waals surface area contributed by atoms with Gasteiger partial charge in [0.25, 0.3) is 0 Å². The smallest absolute Gasteiger partial charge is 0.337 e. The molecule has 2 N–H and O–H groups in total. The Kier molecular flexibility index (Phi) is 6.32. The lowest BCUT2D eigenvalue weighted by molar-refractivity contribution is 0.0600. The Labute approximate surface area is 125 Å². The van der Waals surface area contributed by atoms with E-state index in [0.29, 0.717) is 11.1 Å². The maximum atomic E-state index is 12.1. The Bertz CT molecular complexity index is 583. The molecule has 0 amide bonds. The summed E-state index contributed by atoms with van der Waals surface area (Å²) >= 11 is 0. The van der Waals surface area contributed by atoms with Crippen molar-refractivity contribution in [2.75, 3.05) is 13.7 Å². The van der Waals surface area contributed by atoms with Crippen LogP contribution in [0, 0.1) is 5.92 Å². The molecule has 0 spiro atoms. The first-order chi connectivity index (χ1) is 9.79. The van der Waals surface area contributed by atoms with Gasteiger partial charge in [-0.25, -0.2) is 17.9 Å². The predicted octanol–water partition coefficient (Wildman–Crippen LogP) is 0.909. The van der Waals surface area contributed by atoms with Gasteiger partial charge in [-0.3, -0.25) is 0 Å². The van der Waals surface area contributed by atoms with Gasteiger partial charge in [-0.2, -0.15) is 0 Å². The molecule has 1 aromatic carbocycles. The highest BCUT2D eigenvalue weighted by molar-refractivity contribution is 7.88. The number of nitrogens with one attached hydrogen (secondary N) is 1. The summed E-state index contributed by atoms with van der Waals surface area (Å²) < 4.78 is 31.2. The van der Waals surface area contributed by atoms with Crippen LogP contribution in [0.2, 0.25) is 0 Å². The second kappa shape index (κ2) is 7.53. The molecule has 0 aromatic heterocycles. The Balaban J connectivity index is 2.87. The molecular formula is C14H21NO5S. The normalized spacial score (nSPS) is 13.2. The van der Waals surface area contributed by atoms with Crippen LogP contribution in [-0.2, 0) is 20.5 Å². The van der Waals surface area contributed by atoms with Crippen LogP contribution in [0.3, 0.4) is 0 Å². The van der Waals surface area contributed by atoms with Gasteiger partial charge < -0.3 is 9.84 Å². The zero-order valence-electron chi connectivity index (χ0n) is 12.4. The predicted molar refractivity (Wildman–Crippen MR) is 79.3 cm³/mol. The van der Waals surface area contributed by atoms with Crippen molar-refractivity contribution in [1.29, 1.82) is 0 Å². The van der Waals surface area contributed by atoms with Gasteiger partial charge in [-0.1, -0.05) is 26.0 Å². The second-order valence-electron chi connectivity index (χ2n) is 5.10. The van der Waals surface area contributed by atoms with Crippen LogP contribution in [0.15, 0.2) is 24.3 Å². The zero-order chi connectivity index (χ0) is 16.0. The van der Waals surface area contributed by atoms with E-state index in [1.54, 1.807) is 18.2 Å². The third kappa shape index (κ3) is 5.45. The van der Waals surface area contributed by atoms with Crippen molar-refractivity contribution in [3.8, 4) is 0 Å². The maximum absolute atomic E-state index is 12.1. The largest absolute Gasteiger partial charge is 0.465 e. The van der Waals surface area contributed by atoms with E-state index in [0.717, 1.165) is 0 Å². The van der Waals surface area contributed by atoms with E-state index in [-0.39, 0.29) is 18.3 Å². The van der Waals surface area contributed by atoms with Gasteiger partial charge in [-0.05, 0) is 23.6 Å². The molecule has 7 heteroatoms. The Morgan fingerprint density at radius 1 is 1.38 bits per heavy atom. The first-order valence-electron chi connectivity index (χ1n) is 6.57. The van der Waals surface area contributed by atoms with Gasteiger partial charge in [0.1, 0.15) is 0 Å².